The number of hydrogen-bond donors (Lipinski definition) is 1. The molecule has 0 aliphatic carbocycles. The lowest BCUT2D eigenvalue weighted by atomic mass is 10.0. The largest absolute Gasteiger partial charge is 0.484 e. The predicted octanol–water partition coefficient (Wildman–Crippen LogP) is 6.25. The molecule has 2 aromatic carbocycles. The Balaban J connectivity index is 1.45. The number of thiophene rings is 1. The molecule has 196 valence electrons. The topological polar surface area (TPSA) is 95.3 Å². The molecular weight excluding hydrogens is 544 g/mol. The van der Waals surface area contributed by atoms with E-state index in [4.69, 9.17) is 21.1 Å². The maximum atomic E-state index is 12.9. The number of halogens is 1. The van der Waals surface area contributed by atoms with E-state index in [0.717, 1.165) is 11.1 Å². The van der Waals surface area contributed by atoms with Gasteiger partial charge in [-0.1, -0.05) is 65.8 Å². The molecule has 0 saturated heterocycles. The highest BCUT2D eigenvalue weighted by atomic mass is 35.5. The summed E-state index contributed by atoms with van der Waals surface area (Å²) >= 11 is 8.73. The van der Waals surface area contributed by atoms with Crippen molar-refractivity contribution in [1.29, 1.82) is 0 Å². The van der Waals surface area contributed by atoms with Crippen LogP contribution in [0.25, 0.3) is 11.1 Å². The van der Waals surface area contributed by atoms with Crippen molar-refractivity contribution in [3.8, 4) is 16.9 Å². The van der Waals surface area contributed by atoms with Crippen LogP contribution in [0.3, 0.4) is 0 Å². The number of ether oxygens (including phenoxy) is 2. The minimum atomic E-state index is -0.517. The molecule has 0 bridgehead atoms. The molecule has 11 heteroatoms. The number of aromatic nitrogens is 3. The molecule has 0 aliphatic rings. The third-order valence-electron chi connectivity index (χ3n) is 5.40. The fourth-order valence-electron chi connectivity index (χ4n) is 3.59. The first-order valence-corrected chi connectivity index (χ1v) is 13.7. The molecule has 1 N–H and O–H groups in total. The van der Waals surface area contributed by atoms with Crippen LogP contribution in [-0.2, 0) is 22.7 Å². The lowest BCUT2D eigenvalue weighted by Gasteiger charge is -2.11. The molecule has 2 aromatic heterocycles. The van der Waals surface area contributed by atoms with Crippen LogP contribution in [0, 0.1) is 6.92 Å². The minimum Gasteiger partial charge on any atom is -0.484 e. The number of rotatable bonds is 11. The molecule has 38 heavy (non-hydrogen) atoms. The summed E-state index contributed by atoms with van der Waals surface area (Å²) in [5.41, 5.74) is 2.91. The molecule has 0 saturated carbocycles. The van der Waals surface area contributed by atoms with Crippen molar-refractivity contribution in [1.82, 2.24) is 14.8 Å². The molecule has 4 rings (SSSR count). The van der Waals surface area contributed by atoms with Gasteiger partial charge in [-0.05, 0) is 30.2 Å². The molecule has 4 aromatic rings. The Labute approximate surface area is 233 Å². The van der Waals surface area contributed by atoms with Gasteiger partial charge in [0.2, 0.25) is 5.91 Å². The van der Waals surface area contributed by atoms with Gasteiger partial charge in [0.1, 0.15) is 22.9 Å². The summed E-state index contributed by atoms with van der Waals surface area (Å²) in [6, 6.07) is 15.0. The summed E-state index contributed by atoms with van der Waals surface area (Å²) in [6.45, 7) is 6.35. The fraction of sp³-hybridized carbons (Fsp3) is 0.185. The number of allylic oxidation sites excluding steroid dienone is 1. The van der Waals surface area contributed by atoms with Crippen molar-refractivity contribution in [2.75, 3.05) is 18.2 Å². The Morgan fingerprint density at radius 3 is 2.74 bits per heavy atom. The average molecular weight is 569 g/mol. The highest BCUT2D eigenvalue weighted by molar-refractivity contribution is 7.99. The van der Waals surface area contributed by atoms with Gasteiger partial charge in [-0.25, -0.2) is 4.79 Å². The molecule has 8 nitrogen and oxygen atoms in total. The van der Waals surface area contributed by atoms with Gasteiger partial charge in [-0.3, -0.25) is 9.36 Å². The molecule has 0 fully saturated rings. The standard InChI is InChI=1S/C27H25ClN4O4S2/c1-4-12-32-22(14-36-21-13-17(2)10-11-20(21)28)30-31-27(32)38-16-23(33)29-25-24(26(34)35-3)19(15-37-25)18-8-6-5-7-9-18/h4-11,13,15H,1,12,14,16H2,2-3H3,(H,29,33). The average Bonchev–Trinajstić information content (AvgIpc) is 3.52. The van der Waals surface area contributed by atoms with Crippen molar-refractivity contribution in [3.05, 3.63) is 88.5 Å². The van der Waals surface area contributed by atoms with E-state index in [9.17, 15) is 9.59 Å². The van der Waals surface area contributed by atoms with Crippen molar-refractivity contribution < 1.29 is 19.1 Å². The number of nitrogens with zero attached hydrogens (tertiary/aromatic N) is 3. The SMILES string of the molecule is C=CCn1c(COc2cc(C)ccc2Cl)nnc1SCC(=O)Nc1scc(-c2ccccc2)c1C(=O)OC. The molecule has 0 spiro atoms. The Kier molecular flexibility index (Phi) is 9.22. The number of methoxy groups -OCH3 is 1. The zero-order chi connectivity index (χ0) is 27.1. The Morgan fingerprint density at radius 1 is 1.21 bits per heavy atom. The van der Waals surface area contributed by atoms with Gasteiger partial charge >= 0.3 is 5.97 Å². The van der Waals surface area contributed by atoms with Crippen LogP contribution in [-0.4, -0.2) is 39.5 Å². The molecule has 2 heterocycles. The lowest BCUT2D eigenvalue weighted by Crippen LogP contribution is -2.16. The van der Waals surface area contributed by atoms with Gasteiger partial charge in [0.05, 0.1) is 17.9 Å². The number of aryl methyl sites for hydroxylation is 1. The number of thioether (sulfide) groups is 1. The van der Waals surface area contributed by atoms with Crippen molar-refractivity contribution in [2.45, 2.75) is 25.2 Å². The molecule has 1 amide bonds. The highest BCUT2D eigenvalue weighted by Crippen LogP contribution is 2.36. The number of amides is 1. The maximum absolute atomic E-state index is 12.9. The number of anilines is 1. The zero-order valence-electron chi connectivity index (χ0n) is 20.8. The number of nitrogens with one attached hydrogen (secondary N) is 1. The van der Waals surface area contributed by atoms with E-state index < -0.39 is 5.97 Å². The molecule has 0 atom stereocenters. The Bertz CT molecular complexity index is 1450. The number of hydrogen-bond acceptors (Lipinski definition) is 8. The first-order chi connectivity index (χ1) is 18.4. The Morgan fingerprint density at radius 2 is 2.00 bits per heavy atom. The number of benzene rings is 2. The normalized spacial score (nSPS) is 10.7. The first-order valence-electron chi connectivity index (χ1n) is 11.5. The van der Waals surface area contributed by atoms with E-state index in [1.165, 1.54) is 30.2 Å². The van der Waals surface area contributed by atoms with Gasteiger partial charge in [0.15, 0.2) is 11.0 Å². The number of carbonyl (C=O) groups excluding carboxylic acids is 2. The van der Waals surface area contributed by atoms with Crippen LogP contribution in [0.4, 0.5) is 5.00 Å². The fourth-order valence-corrected chi connectivity index (χ4v) is 5.50. The minimum absolute atomic E-state index is 0.0546. The monoisotopic (exact) mass is 568 g/mol. The van der Waals surface area contributed by atoms with E-state index in [0.29, 0.717) is 44.4 Å². The lowest BCUT2D eigenvalue weighted by molar-refractivity contribution is -0.113. The van der Waals surface area contributed by atoms with Gasteiger partial charge < -0.3 is 14.8 Å². The third-order valence-corrected chi connectivity index (χ3v) is 7.57. The van der Waals surface area contributed by atoms with E-state index in [1.54, 1.807) is 12.1 Å². The summed E-state index contributed by atoms with van der Waals surface area (Å²) in [5.74, 6) is 0.375. The van der Waals surface area contributed by atoms with Crippen molar-refractivity contribution in [3.63, 3.8) is 0 Å². The van der Waals surface area contributed by atoms with Crippen LogP contribution >= 0.6 is 34.7 Å². The van der Waals surface area contributed by atoms with E-state index in [2.05, 4.69) is 22.1 Å². The number of carbonyl (C=O) groups is 2. The highest BCUT2D eigenvalue weighted by Gasteiger charge is 2.23. The second-order valence-electron chi connectivity index (χ2n) is 8.07. The van der Waals surface area contributed by atoms with Gasteiger partial charge in [0.25, 0.3) is 0 Å². The summed E-state index contributed by atoms with van der Waals surface area (Å²) in [5, 5.41) is 14.6. The maximum Gasteiger partial charge on any atom is 0.341 e. The van der Waals surface area contributed by atoms with E-state index >= 15 is 0 Å². The molecule has 0 unspecified atom stereocenters. The van der Waals surface area contributed by atoms with Crippen LogP contribution in [0.2, 0.25) is 5.02 Å². The summed E-state index contributed by atoms with van der Waals surface area (Å²) in [6.07, 6.45) is 1.72. The van der Waals surface area contributed by atoms with Gasteiger partial charge in [-0.2, -0.15) is 0 Å². The van der Waals surface area contributed by atoms with Crippen molar-refractivity contribution in [2.24, 2.45) is 0 Å². The van der Waals surface area contributed by atoms with E-state index in [-0.39, 0.29) is 18.3 Å². The van der Waals surface area contributed by atoms with Crippen LogP contribution in [0.5, 0.6) is 5.75 Å². The third kappa shape index (κ3) is 6.45. The first kappa shape index (κ1) is 27.4. The van der Waals surface area contributed by atoms with Crippen LogP contribution in [0.15, 0.2) is 71.7 Å². The van der Waals surface area contributed by atoms with Crippen LogP contribution in [0.1, 0.15) is 21.7 Å². The smallest absolute Gasteiger partial charge is 0.341 e. The van der Waals surface area contributed by atoms with Crippen LogP contribution < -0.4 is 10.1 Å². The van der Waals surface area contributed by atoms with Gasteiger partial charge in [0, 0.05) is 17.5 Å². The number of esters is 1. The zero-order valence-corrected chi connectivity index (χ0v) is 23.2. The summed E-state index contributed by atoms with van der Waals surface area (Å²) < 4.78 is 12.7. The molecule has 0 aliphatic heterocycles. The second-order valence-corrected chi connectivity index (χ2v) is 10.3. The molecular formula is C27H25ClN4O4S2. The predicted molar refractivity (Wildman–Crippen MR) is 151 cm³/mol. The summed E-state index contributed by atoms with van der Waals surface area (Å²) in [7, 11) is 1.32. The quantitative estimate of drug-likeness (QED) is 0.130. The summed E-state index contributed by atoms with van der Waals surface area (Å²) in [4.78, 5) is 25.4. The van der Waals surface area contributed by atoms with Gasteiger partial charge in [-0.15, -0.1) is 28.1 Å². The Hall–Kier alpha value is -3.60. The van der Waals surface area contributed by atoms with Crippen molar-refractivity contribution >= 4 is 51.6 Å². The van der Waals surface area contributed by atoms with E-state index in [1.807, 2.05) is 59.3 Å². The second kappa shape index (κ2) is 12.8. The molecule has 0 radical (unpaired) electrons.